The highest BCUT2D eigenvalue weighted by atomic mass is 16.5. The standard InChI is InChI=1S/C18H20N2O3/c1-12-4-9-16(13(2)10-12)19-11-17(21)20-15-7-5-14(6-8-15)18(22)23-3/h4-10,19H,11H2,1-3H3,(H,20,21). The summed E-state index contributed by atoms with van der Waals surface area (Å²) in [5.74, 6) is -0.560. The Bertz CT molecular complexity index is 709. The number of methoxy groups -OCH3 is 1. The molecule has 2 aromatic carbocycles. The van der Waals surface area contributed by atoms with Crippen LogP contribution in [-0.4, -0.2) is 25.5 Å². The molecule has 2 rings (SSSR count). The number of rotatable bonds is 5. The number of anilines is 2. The van der Waals surface area contributed by atoms with Crippen LogP contribution < -0.4 is 10.6 Å². The maximum Gasteiger partial charge on any atom is 0.337 e. The first-order valence-corrected chi connectivity index (χ1v) is 7.29. The van der Waals surface area contributed by atoms with E-state index in [2.05, 4.69) is 21.4 Å². The van der Waals surface area contributed by atoms with E-state index in [1.54, 1.807) is 24.3 Å². The first-order valence-electron chi connectivity index (χ1n) is 7.29. The second-order valence-electron chi connectivity index (χ2n) is 5.29. The molecule has 0 heterocycles. The van der Waals surface area contributed by atoms with Gasteiger partial charge in [-0.3, -0.25) is 4.79 Å². The van der Waals surface area contributed by atoms with Crippen molar-refractivity contribution in [2.75, 3.05) is 24.3 Å². The van der Waals surface area contributed by atoms with Crippen LogP contribution in [0.25, 0.3) is 0 Å². The van der Waals surface area contributed by atoms with Crippen molar-refractivity contribution >= 4 is 23.3 Å². The molecule has 0 aliphatic rings. The molecule has 0 atom stereocenters. The quantitative estimate of drug-likeness (QED) is 0.832. The van der Waals surface area contributed by atoms with Crippen molar-refractivity contribution in [3.63, 3.8) is 0 Å². The van der Waals surface area contributed by atoms with Gasteiger partial charge in [-0.1, -0.05) is 17.7 Å². The molecule has 0 bridgehead atoms. The monoisotopic (exact) mass is 312 g/mol. The van der Waals surface area contributed by atoms with Crippen molar-refractivity contribution in [2.24, 2.45) is 0 Å². The molecule has 23 heavy (non-hydrogen) atoms. The normalized spacial score (nSPS) is 10.0. The van der Waals surface area contributed by atoms with E-state index in [9.17, 15) is 9.59 Å². The Hall–Kier alpha value is -2.82. The van der Waals surface area contributed by atoms with E-state index in [0.29, 0.717) is 11.3 Å². The Labute approximate surface area is 135 Å². The minimum absolute atomic E-state index is 0.157. The first kappa shape index (κ1) is 16.5. The zero-order valence-electron chi connectivity index (χ0n) is 13.5. The molecule has 5 nitrogen and oxygen atoms in total. The van der Waals surface area contributed by atoms with Gasteiger partial charge in [0.2, 0.25) is 5.91 Å². The number of ether oxygens (including phenoxy) is 1. The maximum absolute atomic E-state index is 12.0. The molecule has 1 amide bonds. The fourth-order valence-electron chi connectivity index (χ4n) is 2.20. The minimum Gasteiger partial charge on any atom is -0.465 e. The number of esters is 1. The van der Waals surface area contributed by atoms with Gasteiger partial charge in [-0.25, -0.2) is 4.79 Å². The summed E-state index contributed by atoms with van der Waals surface area (Å²) in [6.45, 7) is 4.20. The molecule has 0 aliphatic carbocycles. The molecule has 0 radical (unpaired) electrons. The molecule has 0 fully saturated rings. The molecule has 0 saturated heterocycles. The third kappa shape index (κ3) is 4.57. The average molecular weight is 312 g/mol. The highest BCUT2D eigenvalue weighted by molar-refractivity contribution is 5.95. The van der Waals surface area contributed by atoms with Crippen LogP contribution in [-0.2, 0) is 9.53 Å². The van der Waals surface area contributed by atoms with Gasteiger partial charge in [-0.05, 0) is 49.7 Å². The SMILES string of the molecule is COC(=O)c1ccc(NC(=O)CNc2ccc(C)cc2C)cc1. The number of hydrogen-bond acceptors (Lipinski definition) is 4. The predicted octanol–water partition coefficient (Wildman–Crippen LogP) is 3.14. The molecule has 0 saturated carbocycles. The Morgan fingerprint density at radius 3 is 2.35 bits per heavy atom. The van der Waals surface area contributed by atoms with Gasteiger partial charge in [0.25, 0.3) is 0 Å². The van der Waals surface area contributed by atoms with E-state index in [-0.39, 0.29) is 12.5 Å². The Morgan fingerprint density at radius 2 is 1.74 bits per heavy atom. The van der Waals surface area contributed by atoms with E-state index < -0.39 is 5.97 Å². The maximum atomic E-state index is 12.0. The van der Waals surface area contributed by atoms with Crippen molar-refractivity contribution in [2.45, 2.75) is 13.8 Å². The number of carbonyl (C=O) groups excluding carboxylic acids is 2. The van der Waals surface area contributed by atoms with Crippen LogP contribution in [0.4, 0.5) is 11.4 Å². The van der Waals surface area contributed by atoms with Crippen molar-refractivity contribution in [3.8, 4) is 0 Å². The van der Waals surface area contributed by atoms with E-state index in [1.807, 2.05) is 26.0 Å². The van der Waals surface area contributed by atoms with Crippen LogP contribution >= 0.6 is 0 Å². The Balaban J connectivity index is 1.90. The van der Waals surface area contributed by atoms with Gasteiger partial charge in [0.05, 0.1) is 19.2 Å². The van der Waals surface area contributed by atoms with Gasteiger partial charge in [0.1, 0.15) is 0 Å². The zero-order chi connectivity index (χ0) is 16.8. The second-order valence-corrected chi connectivity index (χ2v) is 5.29. The van der Waals surface area contributed by atoms with Crippen LogP contribution in [0.1, 0.15) is 21.5 Å². The average Bonchev–Trinajstić information content (AvgIpc) is 2.54. The fourth-order valence-corrected chi connectivity index (χ4v) is 2.20. The molecular weight excluding hydrogens is 292 g/mol. The summed E-state index contributed by atoms with van der Waals surface area (Å²) >= 11 is 0. The lowest BCUT2D eigenvalue weighted by Crippen LogP contribution is -2.22. The van der Waals surface area contributed by atoms with E-state index in [0.717, 1.165) is 11.3 Å². The van der Waals surface area contributed by atoms with Gasteiger partial charge in [-0.2, -0.15) is 0 Å². The first-order chi connectivity index (χ1) is 11.0. The largest absolute Gasteiger partial charge is 0.465 e. The van der Waals surface area contributed by atoms with Crippen molar-refractivity contribution in [3.05, 3.63) is 59.2 Å². The summed E-state index contributed by atoms with van der Waals surface area (Å²) in [7, 11) is 1.33. The van der Waals surface area contributed by atoms with Crippen LogP contribution in [0.15, 0.2) is 42.5 Å². The molecule has 0 unspecified atom stereocenters. The van der Waals surface area contributed by atoms with Gasteiger partial charge < -0.3 is 15.4 Å². The number of aryl methyl sites for hydroxylation is 2. The van der Waals surface area contributed by atoms with Crippen LogP contribution in [0.2, 0.25) is 0 Å². The lowest BCUT2D eigenvalue weighted by molar-refractivity contribution is -0.114. The summed E-state index contributed by atoms with van der Waals surface area (Å²) in [4.78, 5) is 23.3. The van der Waals surface area contributed by atoms with Gasteiger partial charge in [0, 0.05) is 11.4 Å². The van der Waals surface area contributed by atoms with Gasteiger partial charge in [0.15, 0.2) is 0 Å². The molecule has 2 aromatic rings. The molecule has 120 valence electrons. The number of nitrogens with one attached hydrogen (secondary N) is 2. The van der Waals surface area contributed by atoms with Gasteiger partial charge in [-0.15, -0.1) is 0 Å². The lowest BCUT2D eigenvalue weighted by atomic mass is 10.1. The molecule has 0 spiro atoms. The Kier molecular flexibility index (Phi) is 5.36. The van der Waals surface area contributed by atoms with Crippen molar-refractivity contribution < 1.29 is 14.3 Å². The third-order valence-corrected chi connectivity index (χ3v) is 3.41. The molecule has 2 N–H and O–H groups in total. The van der Waals surface area contributed by atoms with Gasteiger partial charge >= 0.3 is 5.97 Å². The smallest absolute Gasteiger partial charge is 0.337 e. The summed E-state index contributed by atoms with van der Waals surface area (Å²) in [5, 5.41) is 5.89. The van der Waals surface area contributed by atoms with Crippen LogP contribution in [0.3, 0.4) is 0 Å². The van der Waals surface area contributed by atoms with Crippen molar-refractivity contribution in [1.29, 1.82) is 0 Å². The minimum atomic E-state index is -0.403. The highest BCUT2D eigenvalue weighted by Crippen LogP contribution is 2.16. The zero-order valence-corrected chi connectivity index (χ0v) is 13.5. The van der Waals surface area contributed by atoms with E-state index in [1.165, 1.54) is 12.7 Å². The van der Waals surface area contributed by atoms with Crippen molar-refractivity contribution in [1.82, 2.24) is 0 Å². The number of amides is 1. The van der Waals surface area contributed by atoms with Crippen LogP contribution in [0, 0.1) is 13.8 Å². The second kappa shape index (κ2) is 7.45. The summed E-state index contributed by atoms with van der Waals surface area (Å²) < 4.78 is 4.63. The fraction of sp³-hybridized carbons (Fsp3) is 0.222. The molecule has 0 aliphatic heterocycles. The molecule has 0 aromatic heterocycles. The topological polar surface area (TPSA) is 67.4 Å². The lowest BCUT2D eigenvalue weighted by Gasteiger charge is -2.11. The summed E-state index contributed by atoms with van der Waals surface area (Å²) in [6.07, 6.45) is 0. The Morgan fingerprint density at radius 1 is 1.04 bits per heavy atom. The molecule has 5 heteroatoms. The summed E-state index contributed by atoms with van der Waals surface area (Å²) in [5.41, 5.74) is 4.29. The summed E-state index contributed by atoms with van der Waals surface area (Å²) in [6, 6.07) is 12.6. The van der Waals surface area contributed by atoms with Crippen LogP contribution in [0.5, 0.6) is 0 Å². The van der Waals surface area contributed by atoms with E-state index in [4.69, 9.17) is 0 Å². The number of carbonyl (C=O) groups is 2. The predicted molar refractivity (Wildman–Crippen MR) is 90.8 cm³/mol. The molecular formula is C18H20N2O3. The number of benzene rings is 2. The third-order valence-electron chi connectivity index (χ3n) is 3.41. The van der Waals surface area contributed by atoms with E-state index >= 15 is 0 Å². The highest BCUT2D eigenvalue weighted by Gasteiger charge is 2.07. The number of hydrogen-bond donors (Lipinski definition) is 2.